The summed E-state index contributed by atoms with van der Waals surface area (Å²) in [6.45, 7) is 3.36. The van der Waals surface area contributed by atoms with Gasteiger partial charge in [-0.1, -0.05) is 5.16 Å². The van der Waals surface area contributed by atoms with Crippen LogP contribution < -0.4 is 20.3 Å². The van der Waals surface area contributed by atoms with Crippen molar-refractivity contribution >= 4 is 24.4 Å². The Kier molecular flexibility index (Phi) is 8.72. The summed E-state index contributed by atoms with van der Waals surface area (Å²) in [7, 11) is 1.59. The van der Waals surface area contributed by atoms with Gasteiger partial charge in [-0.2, -0.15) is 4.98 Å². The number of anilines is 2. The number of hydrogen-bond acceptors (Lipinski definition) is 10. The fourth-order valence-electron chi connectivity index (χ4n) is 4.73. The Morgan fingerprint density at radius 3 is 2.59 bits per heavy atom. The van der Waals surface area contributed by atoms with Crippen LogP contribution in [-0.4, -0.2) is 66.0 Å². The van der Waals surface area contributed by atoms with E-state index < -0.39 is 11.6 Å². The Hall–Kier alpha value is -3.09. The third kappa shape index (κ3) is 6.25. The summed E-state index contributed by atoms with van der Waals surface area (Å²) in [6, 6.07) is 3.62. The first kappa shape index (κ1) is 27.0. The highest BCUT2D eigenvalue weighted by Gasteiger charge is 2.34. The molecule has 0 unspecified atom stereocenters. The molecule has 3 aromatic rings. The maximum atomic E-state index is 14.2. The van der Waals surface area contributed by atoms with E-state index in [1.165, 1.54) is 6.07 Å². The van der Waals surface area contributed by atoms with Crippen molar-refractivity contribution in [2.75, 3.05) is 49.7 Å². The number of methoxy groups -OCH3 is 1. The molecule has 2 fully saturated rings. The van der Waals surface area contributed by atoms with Gasteiger partial charge in [0.25, 0.3) is 0 Å². The Labute approximate surface area is 219 Å². The molecule has 0 amide bonds. The fraction of sp³-hybridized carbons (Fsp3) is 0.500. The minimum atomic E-state index is -0.480. The summed E-state index contributed by atoms with van der Waals surface area (Å²) in [5, 5.41) is 3.91. The number of rotatable bonds is 8. The molecule has 2 N–H and O–H groups in total. The molecule has 0 aliphatic carbocycles. The lowest BCUT2D eigenvalue weighted by molar-refractivity contribution is 0.174. The van der Waals surface area contributed by atoms with Crippen LogP contribution in [0, 0.1) is 17.6 Å². The number of nitrogens with two attached hydrogens (primary N) is 1. The van der Waals surface area contributed by atoms with E-state index >= 15 is 0 Å². The van der Waals surface area contributed by atoms with E-state index in [9.17, 15) is 8.78 Å². The highest BCUT2D eigenvalue weighted by atomic mass is 35.5. The van der Waals surface area contributed by atoms with Crippen LogP contribution in [0.15, 0.2) is 35.1 Å². The van der Waals surface area contributed by atoms with Gasteiger partial charge in [-0.3, -0.25) is 0 Å². The molecule has 1 aromatic carbocycles. The maximum absolute atomic E-state index is 14.2. The van der Waals surface area contributed by atoms with Crippen molar-refractivity contribution in [3.63, 3.8) is 0 Å². The number of halogens is 3. The number of benzene rings is 1. The average molecular weight is 538 g/mol. The Morgan fingerprint density at radius 2 is 1.86 bits per heavy atom. The molecule has 0 radical (unpaired) electrons. The van der Waals surface area contributed by atoms with Gasteiger partial charge in [-0.15, -0.1) is 12.4 Å². The zero-order valence-electron chi connectivity index (χ0n) is 20.4. The van der Waals surface area contributed by atoms with E-state index in [0.717, 1.165) is 38.1 Å². The molecule has 2 aliphatic rings. The van der Waals surface area contributed by atoms with Gasteiger partial charge in [-0.25, -0.2) is 18.7 Å². The molecule has 0 saturated carbocycles. The number of piperidine rings is 1. The molecule has 13 heteroatoms. The van der Waals surface area contributed by atoms with Crippen LogP contribution in [0.5, 0.6) is 5.75 Å². The summed E-state index contributed by atoms with van der Waals surface area (Å²) in [6.07, 6.45) is 5.14. The maximum Gasteiger partial charge on any atom is 0.324 e. The second-order valence-corrected chi connectivity index (χ2v) is 9.23. The standard InChI is InChI=1S/C24H29F2N7O3.ClH/c1-34-14-22-30-24(36-31-22)32-6-4-15(5-7-32)13-35-17-9-28-23(29-10-17)33-11-19(21(27)12-33)18-8-16(25)2-3-20(18)26;/h2-3,8-10,15,19,21H,4-7,11-14,27H2,1H3;1H/t19-,21+;/m1./s1. The van der Waals surface area contributed by atoms with Gasteiger partial charge < -0.3 is 29.5 Å². The third-order valence-corrected chi connectivity index (χ3v) is 6.72. The van der Waals surface area contributed by atoms with Crippen molar-refractivity contribution < 1.29 is 22.8 Å². The van der Waals surface area contributed by atoms with Gasteiger partial charge in [0.15, 0.2) is 11.6 Å². The lowest BCUT2D eigenvalue weighted by Gasteiger charge is -2.30. The van der Waals surface area contributed by atoms with Crippen LogP contribution in [0.3, 0.4) is 0 Å². The molecule has 5 rings (SSSR count). The normalized spacial score (nSPS) is 20.2. The number of aromatic nitrogens is 4. The highest BCUT2D eigenvalue weighted by Crippen LogP contribution is 2.31. The molecule has 2 saturated heterocycles. The summed E-state index contributed by atoms with van der Waals surface area (Å²) >= 11 is 0. The lowest BCUT2D eigenvalue weighted by atomic mass is 9.94. The molecule has 4 heterocycles. The molecule has 37 heavy (non-hydrogen) atoms. The van der Waals surface area contributed by atoms with Gasteiger partial charge in [0, 0.05) is 45.2 Å². The quantitative estimate of drug-likeness (QED) is 0.459. The smallest absolute Gasteiger partial charge is 0.324 e. The zero-order chi connectivity index (χ0) is 25.1. The Bertz CT molecular complexity index is 1160. The van der Waals surface area contributed by atoms with Crippen molar-refractivity contribution in [3.8, 4) is 5.75 Å². The van der Waals surface area contributed by atoms with Gasteiger partial charge in [0.1, 0.15) is 18.2 Å². The first-order valence-electron chi connectivity index (χ1n) is 12.0. The minimum Gasteiger partial charge on any atom is -0.490 e. The summed E-state index contributed by atoms with van der Waals surface area (Å²) in [5.74, 6) is 0.712. The molecular formula is C24H30ClF2N7O3. The Balaban J connectivity index is 0.00000320. The Morgan fingerprint density at radius 1 is 1.11 bits per heavy atom. The number of ether oxygens (including phenoxy) is 2. The zero-order valence-corrected chi connectivity index (χ0v) is 21.2. The van der Waals surface area contributed by atoms with Crippen molar-refractivity contribution in [1.82, 2.24) is 20.1 Å². The lowest BCUT2D eigenvalue weighted by Crippen LogP contribution is -2.35. The van der Waals surface area contributed by atoms with Crippen LogP contribution >= 0.6 is 12.4 Å². The molecule has 2 atom stereocenters. The second-order valence-electron chi connectivity index (χ2n) is 9.23. The molecule has 0 bridgehead atoms. The van der Waals surface area contributed by atoms with E-state index in [-0.39, 0.29) is 29.9 Å². The topological polar surface area (TPSA) is 116 Å². The van der Waals surface area contributed by atoms with E-state index in [1.54, 1.807) is 19.5 Å². The predicted octanol–water partition coefficient (Wildman–Crippen LogP) is 2.93. The van der Waals surface area contributed by atoms with Gasteiger partial charge >= 0.3 is 6.01 Å². The first-order valence-corrected chi connectivity index (χ1v) is 12.0. The summed E-state index contributed by atoms with van der Waals surface area (Å²) < 4.78 is 44.2. The predicted molar refractivity (Wildman–Crippen MR) is 134 cm³/mol. The molecular weight excluding hydrogens is 508 g/mol. The molecule has 2 aliphatic heterocycles. The number of hydrogen-bond donors (Lipinski definition) is 1. The largest absolute Gasteiger partial charge is 0.490 e. The van der Waals surface area contributed by atoms with Crippen molar-refractivity contribution in [1.29, 1.82) is 0 Å². The van der Waals surface area contributed by atoms with E-state index in [0.29, 0.717) is 55.8 Å². The van der Waals surface area contributed by atoms with Crippen LogP contribution in [0.1, 0.15) is 30.1 Å². The SMILES string of the molecule is COCc1noc(N2CCC(COc3cnc(N4C[C@H](c5cc(F)ccc5F)[C@@H](N)C4)nc3)CC2)n1.Cl. The van der Waals surface area contributed by atoms with Crippen LogP contribution in [0.25, 0.3) is 0 Å². The number of nitrogens with zero attached hydrogens (tertiary/aromatic N) is 6. The van der Waals surface area contributed by atoms with Gasteiger partial charge in [0.2, 0.25) is 5.95 Å². The third-order valence-electron chi connectivity index (χ3n) is 6.72. The van der Waals surface area contributed by atoms with E-state index in [4.69, 9.17) is 19.7 Å². The summed E-state index contributed by atoms with van der Waals surface area (Å²) in [5.41, 5.74) is 6.53. The monoisotopic (exact) mass is 537 g/mol. The fourth-order valence-corrected chi connectivity index (χ4v) is 4.73. The molecule has 200 valence electrons. The van der Waals surface area contributed by atoms with Gasteiger partial charge in [0.05, 0.1) is 19.0 Å². The van der Waals surface area contributed by atoms with Crippen molar-refractivity contribution in [2.45, 2.75) is 31.4 Å². The van der Waals surface area contributed by atoms with E-state index in [1.807, 2.05) is 4.90 Å². The second kappa shape index (κ2) is 12.0. The molecule has 0 spiro atoms. The first-order chi connectivity index (χ1) is 17.5. The average Bonchev–Trinajstić information content (AvgIpc) is 3.52. The van der Waals surface area contributed by atoms with Crippen LogP contribution in [0.2, 0.25) is 0 Å². The van der Waals surface area contributed by atoms with Crippen LogP contribution in [-0.2, 0) is 11.3 Å². The summed E-state index contributed by atoms with van der Waals surface area (Å²) in [4.78, 5) is 17.1. The van der Waals surface area contributed by atoms with Gasteiger partial charge in [-0.05, 0) is 42.5 Å². The highest BCUT2D eigenvalue weighted by molar-refractivity contribution is 5.85. The van der Waals surface area contributed by atoms with Crippen molar-refractivity contribution in [3.05, 3.63) is 53.6 Å². The van der Waals surface area contributed by atoms with Crippen molar-refractivity contribution in [2.24, 2.45) is 11.7 Å². The van der Waals surface area contributed by atoms with E-state index in [2.05, 4.69) is 25.0 Å². The molecule has 10 nitrogen and oxygen atoms in total. The van der Waals surface area contributed by atoms with Crippen LogP contribution in [0.4, 0.5) is 20.7 Å². The molecule has 2 aromatic heterocycles. The minimum absolute atomic E-state index is 0.